The highest BCUT2D eigenvalue weighted by atomic mass is 19.1. The molecule has 1 unspecified atom stereocenters. The fourth-order valence-corrected chi connectivity index (χ4v) is 1.99. The number of carbonyl (C=O) groups excluding carboxylic acids is 2. The Labute approximate surface area is 105 Å². The molecule has 0 saturated carbocycles. The molecule has 1 heterocycles. The van der Waals surface area contributed by atoms with Crippen LogP contribution < -0.4 is 10.2 Å². The minimum Gasteiger partial charge on any atom is -0.344 e. The van der Waals surface area contributed by atoms with E-state index in [0.29, 0.717) is 18.7 Å². The van der Waals surface area contributed by atoms with Crippen LogP contribution in [-0.2, 0) is 9.59 Å². The summed E-state index contributed by atoms with van der Waals surface area (Å²) in [4.78, 5) is 25.2. The van der Waals surface area contributed by atoms with Crippen LogP contribution in [0.4, 0.5) is 10.1 Å². The lowest BCUT2D eigenvalue weighted by molar-refractivity contribution is -0.125. The molecule has 0 spiro atoms. The third-order valence-corrected chi connectivity index (χ3v) is 3.01. The molecule has 18 heavy (non-hydrogen) atoms. The van der Waals surface area contributed by atoms with Crippen molar-refractivity contribution in [2.75, 3.05) is 11.4 Å². The van der Waals surface area contributed by atoms with E-state index >= 15 is 0 Å². The molecule has 0 radical (unpaired) electrons. The number of amides is 2. The Kier molecular flexibility index (Phi) is 3.60. The van der Waals surface area contributed by atoms with Gasteiger partial charge in [-0.1, -0.05) is 6.92 Å². The zero-order valence-electron chi connectivity index (χ0n) is 10.1. The number of halogens is 1. The Morgan fingerprint density at radius 1 is 1.33 bits per heavy atom. The zero-order chi connectivity index (χ0) is 13.1. The average Bonchev–Trinajstić information content (AvgIpc) is 2.51. The standard InChI is InChI=1S/C13H15FN2O2/c1-2-11-13(18)16(8-7-12(17)15-11)10-5-3-9(14)4-6-10/h3-6,11H,2,7-8H2,1H3,(H,15,17). The van der Waals surface area contributed by atoms with E-state index in [9.17, 15) is 14.0 Å². The van der Waals surface area contributed by atoms with Gasteiger partial charge >= 0.3 is 0 Å². The van der Waals surface area contributed by atoms with Crippen LogP contribution in [0.5, 0.6) is 0 Å². The Hall–Kier alpha value is -1.91. The second-order valence-corrected chi connectivity index (χ2v) is 4.24. The van der Waals surface area contributed by atoms with Gasteiger partial charge in [-0.25, -0.2) is 4.39 Å². The summed E-state index contributed by atoms with van der Waals surface area (Å²) in [6.45, 7) is 2.17. The zero-order valence-corrected chi connectivity index (χ0v) is 10.1. The van der Waals surface area contributed by atoms with Crippen molar-refractivity contribution in [1.29, 1.82) is 0 Å². The van der Waals surface area contributed by atoms with Gasteiger partial charge in [0.2, 0.25) is 11.8 Å². The molecular weight excluding hydrogens is 235 g/mol. The van der Waals surface area contributed by atoms with Crippen LogP contribution in [0, 0.1) is 5.82 Å². The molecule has 1 fully saturated rings. The van der Waals surface area contributed by atoms with Crippen LogP contribution >= 0.6 is 0 Å². The highest BCUT2D eigenvalue weighted by molar-refractivity contribution is 6.01. The number of hydrogen-bond donors (Lipinski definition) is 1. The molecule has 1 aliphatic rings. The summed E-state index contributed by atoms with van der Waals surface area (Å²) in [6.07, 6.45) is 0.807. The molecule has 4 nitrogen and oxygen atoms in total. The lowest BCUT2D eigenvalue weighted by Crippen LogP contribution is -2.44. The second-order valence-electron chi connectivity index (χ2n) is 4.24. The summed E-state index contributed by atoms with van der Waals surface area (Å²) in [5.41, 5.74) is 0.622. The van der Waals surface area contributed by atoms with E-state index in [2.05, 4.69) is 5.32 Å². The summed E-state index contributed by atoms with van der Waals surface area (Å²) < 4.78 is 12.9. The van der Waals surface area contributed by atoms with Gasteiger partial charge in [-0.3, -0.25) is 9.59 Å². The molecule has 1 atom stereocenters. The molecule has 5 heteroatoms. The van der Waals surface area contributed by atoms with Crippen molar-refractivity contribution in [2.45, 2.75) is 25.8 Å². The molecule has 1 aromatic carbocycles. The molecule has 1 aromatic rings. The van der Waals surface area contributed by atoms with Crippen LogP contribution in [0.1, 0.15) is 19.8 Å². The molecule has 0 aliphatic carbocycles. The van der Waals surface area contributed by atoms with Crippen LogP contribution in [0.15, 0.2) is 24.3 Å². The monoisotopic (exact) mass is 250 g/mol. The first-order valence-electron chi connectivity index (χ1n) is 5.98. The summed E-state index contributed by atoms with van der Waals surface area (Å²) >= 11 is 0. The first-order valence-corrected chi connectivity index (χ1v) is 5.98. The predicted molar refractivity (Wildman–Crippen MR) is 65.6 cm³/mol. The van der Waals surface area contributed by atoms with Gasteiger partial charge in [0.05, 0.1) is 0 Å². The van der Waals surface area contributed by atoms with Crippen LogP contribution in [-0.4, -0.2) is 24.4 Å². The smallest absolute Gasteiger partial charge is 0.249 e. The van der Waals surface area contributed by atoms with Crippen molar-refractivity contribution in [3.8, 4) is 0 Å². The summed E-state index contributed by atoms with van der Waals surface area (Å²) in [5.74, 6) is -0.614. The van der Waals surface area contributed by atoms with Crippen molar-refractivity contribution in [3.05, 3.63) is 30.1 Å². The third-order valence-electron chi connectivity index (χ3n) is 3.01. The molecule has 2 amide bonds. The third kappa shape index (κ3) is 2.50. The van der Waals surface area contributed by atoms with Crippen LogP contribution in [0.3, 0.4) is 0 Å². The quantitative estimate of drug-likeness (QED) is 0.863. The van der Waals surface area contributed by atoms with Gasteiger partial charge in [-0.2, -0.15) is 0 Å². The second kappa shape index (κ2) is 5.16. The van der Waals surface area contributed by atoms with E-state index in [1.54, 1.807) is 12.1 Å². The van der Waals surface area contributed by atoms with Gasteiger partial charge in [0.25, 0.3) is 0 Å². The van der Waals surface area contributed by atoms with Crippen molar-refractivity contribution < 1.29 is 14.0 Å². The number of anilines is 1. The highest BCUT2D eigenvalue weighted by Gasteiger charge is 2.29. The van der Waals surface area contributed by atoms with E-state index in [1.165, 1.54) is 17.0 Å². The molecule has 96 valence electrons. The summed E-state index contributed by atoms with van der Waals surface area (Å²) in [7, 11) is 0. The Balaban J connectivity index is 2.27. The number of carbonyl (C=O) groups is 2. The first-order chi connectivity index (χ1) is 8.61. The number of hydrogen-bond acceptors (Lipinski definition) is 2. The normalized spacial score (nSPS) is 20.6. The maximum absolute atomic E-state index is 12.9. The lowest BCUT2D eigenvalue weighted by Gasteiger charge is -2.23. The number of benzene rings is 1. The molecule has 2 rings (SSSR count). The maximum Gasteiger partial charge on any atom is 0.249 e. The van der Waals surface area contributed by atoms with E-state index < -0.39 is 6.04 Å². The topological polar surface area (TPSA) is 49.4 Å². The van der Waals surface area contributed by atoms with Crippen molar-refractivity contribution in [2.24, 2.45) is 0 Å². The van der Waals surface area contributed by atoms with Gasteiger partial charge in [-0.05, 0) is 30.7 Å². The fraction of sp³-hybridized carbons (Fsp3) is 0.385. The Morgan fingerprint density at radius 3 is 2.61 bits per heavy atom. The minimum atomic E-state index is -0.495. The van der Waals surface area contributed by atoms with Gasteiger partial charge < -0.3 is 10.2 Å². The summed E-state index contributed by atoms with van der Waals surface area (Å²) in [5, 5.41) is 2.69. The Bertz CT molecular complexity index is 459. The SMILES string of the molecule is CCC1NC(=O)CCN(c2ccc(F)cc2)C1=O. The molecule has 1 aliphatic heterocycles. The lowest BCUT2D eigenvalue weighted by atomic mass is 10.2. The minimum absolute atomic E-state index is 0.125. The van der Waals surface area contributed by atoms with Crippen LogP contribution in [0.2, 0.25) is 0 Å². The van der Waals surface area contributed by atoms with E-state index in [1.807, 2.05) is 6.92 Å². The van der Waals surface area contributed by atoms with E-state index in [-0.39, 0.29) is 24.1 Å². The van der Waals surface area contributed by atoms with E-state index in [0.717, 1.165) is 0 Å². The van der Waals surface area contributed by atoms with Gasteiger partial charge in [-0.15, -0.1) is 0 Å². The van der Waals surface area contributed by atoms with Gasteiger partial charge in [0.15, 0.2) is 0 Å². The molecular formula is C13H15FN2O2. The average molecular weight is 250 g/mol. The van der Waals surface area contributed by atoms with Gasteiger partial charge in [0, 0.05) is 18.7 Å². The van der Waals surface area contributed by atoms with Crippen molar-refractivity contribution >= 4 is 17.5 Å². The number of nitrogens with zero attached hydrogens (tertiary/aromatic N) is 1. The summed E-state index contributed by atoms with van der Waals surface area (Å²) in [6, 6.07) is 5.23. The van der Waals surface area contributed by atoms with Crippen LogP contribution in [0.25, 0.3) is 0 Å². The number of nitrogens with one attached hydrogen (secondary N) is 1. The molecule has 0 aromatic heterocycles. The maximum atomic E-state index is 12.9. The molecule has 1 N–H and O–H groups in total. The number of rotatable bonds is 2. The fourth-order valence-electron chi connectivity index (χ4n) is 1.99. The van der Waals surface area contributed by atoms with Crippen molar-refractivity contribution in [3.63, 3.8) is 0 Å². The highest BCUT2D eigenvalue weighted by Crippen LogP contribution is 2.18. The largest absolute Gasteiger partial charge is 0.344 e. The molecule has 0 bridgehead atoms. The Morgan fingerprint density at radius 2 is 2.00 bits per heavy atom. The predicted octanol–water partition coefficient (Wildman–Crippen LogP) is 1.46. The first kappa shape index (κ1) is 12.5. The van der Waals surface area contributed by atoms with Crippen molar-refractivity contribution in [1.82, 2.24) is 5.32 Å². The molecule has 1 saturated heterocycles. The van der Waals surface area contributed by atoms with Gasteiger partial charge in [0.1, 0.15) is 11.9 Å². The van der Waals surface area contributed by atoms with E-state index in [4.69, 9.17) is 0 Å².